The number of nitrogens with zero attached hydrogens (tertiary/aromatic N) is 5. The van der Waals surface area contributed by atoms with Gasteiger partial charge in [0.15, 0.2) is 11.5 Å². The van der Waals surface area contributed by atoms with Gasteiger partial charge in [0.05, 0.1) is 36.2 Å². The monoisotopic (exact) mass is 449 g/mol. The van der Waals surface area contributed by atoms with Crippen molar-refractivity contribution in [1.82, 2.24) is 30.0 Å². The average Bonchev–Trinajstić information content (AvgIpc) is 3.16. The molecule has 0 radical (unpaired) electrons. The Labute approximate surface area is 192 Å². The Kier molecular flexibility index (Phi) is 4.81. The number of hydrogen-bond donors (Lipinski definition) is 2. The SMILES string of the molecule is Cc1nc2nc(-c3n[nH]c4c3CC3C(C)C3C4)[nH]c2cc1N(C)C(=O)C(C)N1CCOCC1. The van der Waals surface area contributed by atoms with E-state index in [4.69, 9.17) is 14.7 Å². The zero-order chi connectivity index (χ0) is 22.9. The summed E-state index contributed by atoms with van der Waals surface area (Å²) in [5.74, 6) is 3.18. The maximum absolute atomic E-state index is 13.2. The van der Waals surface area contributed by atoms with Crippen LogP contribution in [0.15, 0.2) is 6.07 Å². The van der Waals surface area contributed by atoms with Crippen LogP contribution in [-0.4, -0.2) is 75.3 Å². The molecular weight excluding hydrogens is 418 g/mol. The predicted octanol–water partition coefficient (Wildman–Crippen LogP) is 2.32. The molecule has 0 aromatic carbocycles. The molecule has 1 saturated heterocycles. The number of aromatic nitrogens is 5. The standard InChI is InChI=1S/C24H31N7O2/c1-12-15-9-17-18(10-16(12)15)28-29-21(17)23-26-19-11-20(13(2)25-22(19)27-23)30(4)24(32)14(3)31-5-7-33-8-6-31/h11-12,14-16H,5-10H2,1-4H3,(H,28,29)(H,25,26,27). The Bertz CT molecular complexity index is 1230. The number of likely N-dealkylation sites (N-methyl/N-ethyl adjacent to an activating group) is 1. The number of rotatable bonds is 4. The third-order valence-corrected chi connectivity index (χ3v) is 8.10. The highest BCUT2D eigenvalue weighted by Crippen LogP contribution is 2.54. The third kappa shape index (κ3) is 3.36. The van der Waals surface area contributed by atoms with Crippen molar-refractivity contribution in [2.24, 2.45) is 17.8 Å². The number of fused-ring (bicyclic) bond motifs is 3. The molecular formula is C24H31N7O2. The smallest absolute Gasteiger partial charge is 0.243 e. The van der Waals surface area contributed by atoms with Gasteiger partial charge in [-0.2, -0.15) is 5.10 Å². The van der Waals surface area contributed by atoms with Crippen LogP contribution in [0.1, 0.15) is 30.8 Å². The summed E-state index contributed by atoms with van der Waals surface area (Å²) in [5.41, 5.74) is 6.50. The van der Waals surface area contributed by atoms with Crippen LogP contribution in [0.25, 0.3) is 22.7 Å². The molecule has 4 atom stereocenters. The molecule has 3 aliphatic rings. The molecule has 2 aliphatic carbocycles. The summed E-state index contributed by atoms with van der Waals surface area (Å²) in [6, 6.07) is 1.77. The number of pyridine rings is 1. The largest absolute Gasteiger partial charge is 0.379 e. The Morgan fingerprint density at radius 3 is 2.79 bits per heavy atom. The molecule has 2 fully saturated rings. The van der Waals surface area contributed by atoms with Gasteiger partial charge in [-0.15, -0.1) is 0 Å². The fourth-order valence-corrected chi connectivity index (χ4v) is 5.76. The second kappa shape index (κ2) is 7.63. The summed E-state index contributed by atoms with van der Waals surface area (Å²) < 4.78 is 5.43. The minimum absolute atomic E-state index is 0.0513. The van der Waals surface area contributed by atoms with Crippen molar-refractivity contribution in [2.75, 3.05) is 38.3 Å². The van der Waals surface area contributed by atoms with Crippen molar-refractivity contribution < 1.29 is 9.53 Å². The number of carbonyl (C=O) groups is 1. The van der Waals surface area contributed by atoms with Gasteiger partial charge in [-0.05, 0) is 50.5 Å². The summed E-state index contributed by atoms with van der Waals surface area (Å²) in [6.45, 7) is 9.12. The topological polar surface area (TPSA) is 103 Å². The van der Waals surface area contributed by atoms with Gasteiger partial charge in [0.2, 0.25) is 5.91 Å². The van der Waals surface area contributed by atoms with Gasteiger partial charge in [0, 0.05) is 31.4 Å². The molecule has 4 heterocycles. The van der Waals surface area contributed by atoms with Crippen LogP contribution in [0, 0.1) is 24.7 Å². The molecule has 2 N–H and O–H groups in total. The molecule has 6 rings (SSSR count). The van der Waals surface area contributed by atoms with Crippen molar-refractivity contribution in [3.05, 3.63) is 23.0 Å². The molecule has 174 valence electrons. The number of H-pyrrole nitrogens is 2. The van der Waals surface area contributed by atoms with Crippen molar-refractivity contribution >= 4 is 22.8 Å². The highest BCUT2D eigenvalue weighted by Gasteiger charge is 2.50. The van der Waals surface area contributed by atoms with Crippen LogP contribution in [-0.2, 0) is 22.4 Å². The van der Waals surface area contributed by atoms with E-state index >= 15 is 0 Å². The molecule has 1 saturated carbocycles. The number of carbonyl (C=O) groups excluding carboxylic acids is 1. The first kappa shape index (κ1) is 20.8. The second-order valence-electron chi connectivity index (χ2n) is 9.90. The normalized spacial score (nSPS) is 25.5. The maximum Gasteiger partial charge on any atom is 0.243 e. The Hall–Kier alpha value is -2.78. The number of aryl methyl sites for hydroxylation is 1. The minimum Gasteiger partial charge on any atom is -0.379 e. The molecule has 33 heavy (non-hydrogen) atoms. The van der Waals surface area contributed by atoms with Crippen LogP contribution in [0.2, 0.25) is 0 Å². The molecule has 3 aromatic rings. The number of morpholine rings is 1. The van der Waals surface area contributed by atoms with Gasteiger partial charge in [-0.25, -0.2) is 9.97 Å². The zero-order valence-electron chi connectivity index (χ0n) is 19.7. The van der Waals surface area contributed by atoms with E-state index < -0.39 is 0 Å². The van der Waals surface area contributed by atoms with Gasteiger partial charge < -0.3 is 14.6 Å². The molecule has 3 aromatic heterocycles. The number of nitrogens with one attached hydrogen (secondary N) is 2. The van der Waals surface area contributed by atoms with Gasteiger partial charge >= 0.3 is 0 Å². The van der Waals surface area contributed by atoms with Crippen molar-refractivity contribution in [3.63, 3.8) is 0 Å². The fourth-order valence-electron chi connectivity index (χ4n) is 5.76. The van der Waals surface area contributed by atoms with E-state index in [1.807, 2.05) is 27.0 Å². The van der Waals surface area contributed by atoms with Gasteiger partial charge in [-0.3, -0.25) is 14.8 Å². The molecule has 0 spiro atoms. The lowest BCUT2D eigenvalue weighted by Gasteiger charge is -2.33. The highest BCUT2D eigenvalue weighted by atomic mass is 16.5. The maximum atomic E-state index is 13.2. The molecule has 9 nitrogen and oxygen atoms in total. The van der Waals surface area contributed by atoms with E-state index in [0.717, 1.165) is 72.1 Å². The van der Waals surface area contributed by atoms with Crippen LogP contribution < -0.4 is 4.90 Å². The number of hydrogen-bond acceptors (Lipinski definition) is 6. The van der Waals surface area contributed by atoms with E-state index in [1.54, 1.807) is 4.90 Å². The molecule has 0 bridgehead atoms. The van der Waals surface area contributed by atoms with E-state index in [0.29, 0.717) is 18.9 Å². The summed E-state index contributed by atoms with van der Waals surface area (Å²) in [5, 5.41) is 7.85. The molecule has 1 aliphatic heterocycles. The number of ether oxygens (including phenoxy) is 1. The lowest BCUT2D eigenvalue weighted by atomic mass is 9.96. The zero-order valence-corrected chi connectivity index (χ0v) is 19.7. The van der Waals surface area contributed by atoms with Crippen molar-refractivity contribution in [3.8, 4) is 11.5 Å². The lowest BCUT2D eigenvalue weighted by molar-refractivity contribution is -0.124. The number of anilines is 1. The van der Waals surface area contributed by atoms with Gasteiger partial charge in [-0.1, -0.05) is 6.92 Å². The van der Waals surface area contributed by atoms with E-state index in [1.165, 1.54) is 11.3 Å². The van der Waals surface area contributed by atoms with Crippen LogP contribution >= 0.6 is 0 Å². The first-order valence-corrected chi connectivity index (χ1v) is 12.0. The molecule has 4 unspecified atom stereocenters. The molecule has 9 heteroatoms. The minimum atomic E-state index is -0.212. The first-order valence-electron chi connectivity index (χ1n) is 12.0. The van der Waals surface area contributed by atoms with E-state index in [9.17, 15) is 4.79 Å². The third-order valence-electron chi connectivity index (χ3n) is 8.10. The highest BCUT2D eigenvalue weighted by molar-refractivity contribution is 5.98. The summed E-state index contributed by atoms with van der Waals surface area (Å²) in [7, 11) is 1.82. The first-order chi connectivity index (χ1) is 15.9. The van der Waals surface area contributed by atoms with Crippen LogP contribution in [0.5, 0.6) is 0 Å². The Morgan fingerprint density at radius 2 is 2.00 bits per heavy atom. The van der Waals surface area contributed by atoms with E-state index in [2.05, 4.69) is 27.0 Å². The summed E-state index contributed by atoms with van der Waals surface area (Å²) >= 11 is 0. The van der Waals surface area contributed by atoms with Crippen molar-refractivity contribution in [2.45, 2.75) is 39.7 Å². The number of aromatic amines is 2. The summed E-state index contributed by atoms with van der Waals surface area (Å²) in [6.07, 6.45) is 2.16. The number of amides is 1. The van der Waals surface area contributed by atoms with Crippen LogP contribution in [0.3, 0.4) is 0 Å². The fraction of sp³-hybridized carbons (Fsp3) is 0.583. The average molecular weight is 450 g/mol. The quantitative estimate of drug-likeness (QED) is 0.634. The Morgan fingerprint density at radius 1 is 1.24 bits per heavy atom. The summed E-state index contributed by atoms with van der Waals surface area (Å²) in [4.78, 5) is 30.0. The van der Waals surface area contributed by atoms with Crippen molar-refractivity contribution in [1.29, 1.82) is 0 Å². The van der Waals surface area contributed by atoms with Gasteiger partial charge in [0.1, 0.15) is 5.69 Å². The Balaban J connectivity index is 1.29. The molecule has 1 amide bonds. The van der Waals surface area contributed by atoms with E-state index in [-0.39, 0.29) is 11.9 Å². The second-order valence-corrected chi connectivity index (χ2v) is 9.90. The van der Waals surface area contributed by atoms with Crippen LogP contribution in [0.4, 0.5) is 5.69 Å². The lowest BCUT2D eigenvalue weighted by Crippen LogP contribution is -2.50. The predicted molar refractivity (Wildman–Crippen MR) is 125 cm³/mol. The number of imidazole rings is 1. The van der Waals surface area contributed by atoms with Gasteiger partial charge in [0.25, 0.3) is 0 Å².